The fourth-order valence-electron chi connectivity index (χ4n) is 2.19. The van der Waals surface area contributed by atoms with Gasteiger partial charge >= 0.3 is 8.80 Å². The summed E-state index contributed by atoms with van der Waals surface area (Å²) in [4.78, 5) is 10.9. The Morgan fingerprint density at radius 3 is 1.54 bits per heavy atom. The van der Waals surface area contributed by atoms with E-state index in [1.54, 1.807) is 12.1 Å². The van der Waals surface area contributed by atoms with Crippen molar-refractivity contribution in [3.8, 4) is 0 Å². The van der Waals surface area contributed by atoms with E-state index in [2.05, 4.69) is 20.8 Å². The molecule has 0 aliphatic carbocycles. The second-order valence-corrected chi connectivity index (χ2v) is 8.46. The Morgan fingerprint density at radius 2 is 1.21 bits per heavy atom. The molecule has 0 spiro atoms. The first-order chi connectivity index (χ1) is 11.7. The van der Waals surface area contributed by atoms with Gasteiger partial charge in [-0.3, -0.25) is 4.79 Å². The SMILES string of the molecule is CCCCO[Si](OCCCC)(OCCCC)c1ccc(C=O)cc1. The Kier molecular flexibility index (Phi) is 10.8. The molecule has 1 aromatic carbocycles. The van der Waals surface area contributed by atoms with Crippen LogP contribution in [0.1, 0.15) is 69.7 Å². The van der Waals surface area contributed by atoms with Gasteiger partial charge in [0.25, 0.3) is 0 Å². The molecule has 0 unspecified atom stereocenters. The Hall–Kier alpha value is -1.01. The Morgan fingerprint density at radius 1 is 0.792 bits per heavy atom. The van der Waals surface area contributed by atoms with Gasteiger partial charge in [-0.15, -0.1) is 0 Å². The van der Waals surface area contributed by atoms with E-state index in [9.17, 15) is 4.79 Å². The molecule has 1 rings (SSSR count). The van der Waals surface area contributed by atoms with Crippen LogP contribution in [0.15, 0.2) is 24.3 Å². The van der Waals surface area contributed by atoms with Crippen LogP contribution >= 0.6 is 0 Å². The van der Waals surface area contributed by atoms with E-state index < -0.39 is 8.80 Å². The summed E-state index contributed by atoms with van der Waals surface area (Å²) in [5, 5.41) is 0.941. The number of carbonyl (C=O) groups is 1. The van der Waals surface area contributed by atoms with Gasteiger partial charge in [0.15, 0.2) is 0 Å². The van der Waals surface area contributed by atoms with Gasteiger partial charge in [-0.1, -0.05) is 64.3 Å². The normalized spacial score (nSPS) is 11.6. The molecule has 0 aromatic heterocycles. The highest BCUT2D eigenvalue weighted by atomic mass is 28.4. The van der Waals surface area contributed by atoms with Gasteiger partial charge in [0.05, 0.1) is 0 Å². The smallest absolute Gasteiger partial charge is 0.370 e. The number of aldehydes is 1. The predicted octanol–water partition coefficient (Wildman–Crippen LogP) is 4.10. The van der Waals surface area contributed by atoms with Crippen LogP contribution in [0.5, 0.6) is 0 Å². The molecule has 0 bridgehead atoms. The van der Waals surface area contributed by atoms with E-state index in [1.807, 2.05) is 12.1 Å². The van der Waals surface area contributed by atoms with Gasteiger partial charge in [0.2, 0.25) is 0 Å². The summed E-state index contributed by atoms with van der Waals surface area (Å²) in [7, 11) is -2.93. The molecule has 1 aromatic rings. The van der Waals surface area contributed by atoms with Crippen LogP contribution in [0.2, 0.25) is 0 Å². The van der Waals surface area contributed by atoms with Crippen molar-refractivity contribution in [2.24, 2.45) is 0 Å². The van der Waals surface area contributed by atoms with Gasteiger partial charge in [-0.25, -0.2) is 0 Å². The molecular weight excluding hydrogens is 320 g/mol. The maximum atomic E-state index is 10.9. The zero-order valence-corrected chi connectivity index (χ0v) is 16.4. The fourth-order valence-corrected chi connectivity index (χ4v) is 4.76. The molecule has 0 atom stereocenters. The second-order valence-electron chi connectivity index (χ2n) is 5.90. The van der Waals surface area contributed by atoms with Crippen molar-refractivity contribution in [1.29, 1.82) is 0 Å². The van der Waals surface area contributed by atoms with E-state index in [-0.39, 0.29) is 0 Å². The van der Waals surface area contributed by atoms with Crippen LogP contribution in [-0.2, 0) is 13.3 Å². The lowest BCUT2D eigenvalue weighted by Gasteiger charge is -2.30. The van der Waals surface area contributed by atoms with Gasteiger partial charge in [-0.2, -0.15) is 0 Å². The second kappa shape index (κ2) is 12.4. The number of unbranched alkanes of at least 4 members (excludes halogenated alkanes) is 3. The van der Waals surface area contributed by atoms with Crippen molar-refractivity contribution in [2.75, 3.05) is 19.8 Å². The Bertz CT molecular complexity index is 421. The quantitative estimate of drug-likeness (QED) is 0.287. The summed E-state index contributed by atoms with van der Waals surface area (Å²) in [6.45, 7) is 8.33. The lowest BCUT2D eigenvalue weighted by Crippen LogP contribution is -2.57. The summed E-state index contributed by atoms with van der Waals surface area (Å²) in [5.74, 6) is 0. The minimum atomic E-state index is -2.93. The molecule has 0 saturated carbocycles. The van der Waals surface area contributed by atoms with Gasteiger partial charge in [0.1, 0.15) is 6.29 Å². The first kappa shape index (κ1) is 21.0. The molecule has 24 heavy (non-hydrogen) atoms. The molecule has 0 N–H and O–H groups in total. The van der Waals surface area contributed by atoms with Crippen molar-refractivity contribution < 1.29 is 18.1 Å². The Labute approximate surface area is 147 Å². The average molecular weight is 353 g/mol. The standard InChI is InChI=1S/C19H32O4Si/c1-4-7-14-21-24(22-15-8-5-2,23-16-9-6-3)19-12-10-18(17-20)11-13-19/h10-13,17H,4-9,14-16H2,1-3H3. The molecule has 0 saturated heterocycles. The molecule has 0 aliphatic rings. The van der Waals surface area contributed by atoms with Crippen LogP contribution in [0.3, 0.4) is 0 Å². The molecule has 0 aliphatic heterocycles. The summed E-state index contributed by atoms with van der Waals surface area (Å²) in [5.41, 5.74) is 0.650. The third-order valence-corrected chi connectivity index (χ3v) is 6.56. The van der Waals surface area contributed by atoms with E-state index in [0.717, 1.165) is 50.0 Å². The number of benzene rings is 1. The number of hydrogen-bond donors (Lipinski definition) is 0. The maximum absolute atomic E-state index is 10.9. The summed E-state index contributed by atoms with van der Waals surface area (Å²) < 4.78 is 18.7. The number of rotatable bonds is 14. The Balaban J connectivity index is 3.01. The lowest BCUT2D eigenvalue weighted by atomic mass is 10.2. The van der Waals surface area contributed by atoms with Crippen LogP contribution in [0.25, 0.3) is 0 Å². The van der Waals surface area contributed by atoms with Crippen LogP contribution in [0, 0.1) is 0 Å². The molecule has 0 amide bonds. The number of carbonyl (C=O) groups excluding carboxylic acids is 1. The van der Waals surface area contributed by atoms with Crippen molar-refractivity contribution >= 4 is 20.3 Å². The van der Waals surface area contributed by atoms with E-state index in [0.29, 0.717) is 25.4 Å². The van der Waals surface area contributed by atoms with E-state index in [4.69, 9.17) is 13.3 Å². The number of hydrogen-bond acceptors (Lipinski definition) is 4. The molecule has 136 valence electrons. The van der Waals surface area contributed by atoms with Crippen molar-refractivity contribution in [3.63, 3.8) is 0 Å². The minimum Gasteiger partial charge on any atom is -0.370 e. The lowest BCUT2D eigenvalue weighted by molar-refractivity contribution is 0.0700. The molecule has 0 heterocycles. The molecule has 4 nitrogen and oxygen atoms in total. The zero-order chi connectivity index (χ0) is 17.7. The van der Waals surface area contributed by atoms with Crippen molar-refractivity contribution in [3.05, 3.63) is 29.8 Å². The van der Waals surface area contributed by atoms with E-state index >= 15 is 0 Å². The topological polar surface area (TPSA) is 44.8 Å². The third kappa shape index (κ3) is 6.85. The average Bonchev–Trinajstić information content (AvgIpc) is 2.62. The summed E-state index contributed by atoms with van der Waals surface area (Å²) in [6, 6.07) is 7.44. The molecular formula is C19H32O4Si. The molecule has 0 fully saturated rings. The van der Waals surface area contributed by atoms with Crippen LogP contribution in [-0.4, -0.2) is 34.9 Å². The first-order valence-corrected chi connectivity index (χ1v) is 10.9. The van der Waals surface area contributed by atoms with Crippen LogP contribution < -0.4 is 5.19 Å². The minimum absolute atomic E-state index is 0.635. The van der Waals surface area contributed by atoms with Gasteiger partial charge in [0, 0.05) is 30.6 Å². The highest BCUT2D eigenvalue weighted by Crippen LogP contribution is 2.14. The van der Waals surface area contributed by atoms with Crippen molar-refractivity contribution in [1.82, 2.24) is 0 Å². The van der Waals surface area contributed by atoms with Gasteiger partial charge in [-0.05, 0) is 19.3 Å². The maximum Gasteiger partial charge on any atom is 0.537 e. The predicted molar refractivity (Wildman–Crippen MR) is 99.8 cm³/mol. The fraction of sp³-hybridized carbons (Fsp3) is 0.632. The van der Waals surface area contributed by atoms with Gasteiger partial charge < -0.3 is 13.3 Å². The highest BCUT2D eigenvalue weighted by molar-refractivity contribution is 6.75. The van der Waals surface area contributed by atoms with Crippen molar-refractivity contribution in [2.45, 2.75) is 59.3 Å². The zero-order valence-electron chi connectivity index (χ0n) is 15.4. The third-order valence-electron chi connectivity index (χ3n) is 3.77. The molecule has 5 heteroatoms. The first-order valence-electron chi connectivity index (χ1n) is 9.20. The largest absolute Gasteiger partial charge is 0.537 e. The highest BCUT2D eigenvalue weighted by Gasteiger charge is 2.43. The summed E-state index contributed by atoms with van der Waals surface area (Å²) >= 11 is 0. The van der Waals surface area contributed by atoms with E-state index in [1.165, 1.54) is 0 Å². The monoisotopic (exact) mass is 352 g/mol. The summed E-state index contributed by atoms with van der Waals surface area (Å²) in [6.07, 6.45) is 7.00. The molecule has 0 radical (unpaired) electrons. The van der Waals surface area contributed by atoms with Crippen LogP contribution in [0.4, 0.5) is 0 Å².